The second-order valence-electron chi connectivity index (χ2n) is 6.93. The molecule has 29 heavy (non-hydrogen) atoms. The second kappa shape index (κ2) is 7.33. The largest absolute Gasteiger partial charge is 0.293 e. The number of hydrogen-bond acceptors (Lipinski definition) is 6. The summed E-state index contributed by atoms with van der Waals surface area (Å²) in [7, 11) is 0. The van der Waals surface area contributed by atoms with Crippen molar-refractivity contribution in [1.82, 2.24) is 14.5 Å². The van der Waals surface area contributed by atoms with Gasteiger partial charge in [0.25, 0.3) is 5.56 Å². The van der Waals surface area contributed by atoms with Gasteiger partial charge in [-0.15, -0.1) is 34.0 Å². The van der Waals surface area contributed by atoms with E-state index in [9.17, 15) is 4.79 Å². The van der Waals surface area contributed by atoms with Crippen LogP contribution < -0.4 is 5.56 Å². The van der Waals surface area contributed by atoms with E-state index in [0.29, 0.717) is 11.9 Å². The molecule has 4 nitrogen and oxygen atoms in total. The minimum absolute atomic E-state index is 0.0119. The summed E-state index contributed by atoms with van der Waals surface area (Å²) >= 11 is 4.82. The van der Waals surface area contributed by atoms with Crippen LogP contribution in [0.1, 0.15) is 16.1 Å². The van der Waals surface area contributed by atoms with Crippen LogP contribution in [0.3, 0.4) is 0 Å². The Morgan fingerprint density at radius 2 is 1.83 bits per heavy atom. The standard InChI is InChI=1S/C22H17N3OS3/c1-13-3-6-15(7-4-13)20-24-16(10-27-20)9-25-12-23-21-19(22(25)26)17(11-28-21)18-8-5-14(2)29-18/h3-8,10-12H,9H2,1-2H3. The van der Waals surface area contributed by atoms with Gasteiger partial charge in [0.2, 0.25) is 0 Å². The molecule has 0 saturated carbocycles. The van der Waals surface area contributed by atoms with Crippen LogP contribution in [0, 0.1) is 13.8 Å². The molecule has 5 aromatic rings. The first-order valence-corrected chi connectivity index (χ1v) is 11.7. The minimum Gasteiger partial charge on any atom is -0.293 e. The van der Waals surface area contributed by atoms with E-state index >= 15 is 0 Å². The summed E-state index contributed by atoms with van der Waals surface area (Å²) in [5, 5.41) is 5.72. The van der Waals surface area contributed by atoms with Crippen molar-refractivity contribution in [3.05, 3.63) is 80.0 Å². The van der Waals surface area contributed by atoms with Gasteiger partial charge in [-0.1, -0.05) is 29.8 Å². The number of nitrogens with zero attached hydrogens (tertiary/aromatic N) is 3. The van der Waals surface area contributed by atoms with E-state index in [0.717, 1.165) is 31.5 Å². The predicted octanol–water partition coefficient (Wildman–Crippen LogP) is 5.98. The highest BCUT2D eigenvalue weighted by Gasteiger charge is 2.15. The summed E-state index contributed by atoms with van der Waals surface area (Å²) in [5.74, 6) is 0. The van der Waals surface area contributed by atoms with Crippen LogP contribution in [-0.2, 0) is 6.54 Å². The zero-order chi connectivity index (χ0) is 20.0. The molecule has 0 amide bonds. The molecule has 0 N–H and O–H groups in total. The number of fused-ring (bicyclic) bond motifs is 1. The quantitative estimate of drug-likeness (QED) is 0.349. The summed E-state index contributed by atoms with van der Waals surface area (Å²) < 4.78 is 1.66. The van der Waals surface area contributed by atoms with Crippen LogP contribution in [0.2, 0.25) is 0 Å². The molecule has 0 bridgehead atoms. The maximum absolute atomic E-state index is 13.2. The first-order valence-electron chi connectivity index (χ1n) is 9.13. The number of aryl methyl sites for hydroxylation is 2. The fourth-order valence-electron chi connectivity index (χ4n) is 3.22. The van der Waals surface area contributed by atoms with Crippen molar-refractivity contribution in [3.63, 3.8) is 0 Å². The molecule has 0 aliphatic heterocycles. The van der Waals surface area contributed by atoms with Crippen molar-refractivity contribution in [2.24, 2.45) is 0 Å². The van der Waals surface area contributed by atoms with E-state index in [-0.39, 0.29) is 5.56 Å². The molecule has 4 heterocycles. The molecule has 5 rings (SSSR count). The van der Waals surface area contributed by atoms with E-state index in [4.69, 9.17) is 4.98 Å². The highest BCUT2D eigenvalue weighted by atomic mass is 32.1. The zero-order valence-electron chi connectivity index (χ0n) is 15.9. The third-order valence-corrected chi connectivity index (χ3v) is 7.61. The maximum atomic E-state index is 13.2. The molecule has 0 fully saturated rings. The van der Waals surface area contributed by atoms with Crippen molar-refractivity contribution in [2.45, 2.75) is 20.4 Å². The van der Waals surface area contributed by atoms with Crippen LogP contribution >= 0.6 is 34.0 Å². The van der Waals surface area contributed by atoms with E-state index in [1.54, 1.807) is 33.6 Å². The molecule has 0 aliphatic carbocycles. The average molecular weight is 436 g/mol. The van der Waals surface area contributed by atoms with Gasteiger partial charge < -0.3 is 0 Å². The Morgan fingerprint density at radius 1 is 1.00 bits per heavy atom. The van der Waals surface area contributed by atoms with Gasteiger partial charge in [-0.25, -0.2) is 9.97 Å². The fourth-order valence-corrected chi connectivity index (χ4v) is 5.90. The number of rotatable bonds is 4. The van der Waals surface area contributed by atoms with E-state index in [2.05, 4.69) is 55.2 Å². The van der Waals surface area contributed by atoms with Crippen LogP contribution in [0.4, 0.5) is 0 Å². The molecule has 144 valence electrons. The predicted molar refractivity (Wildman–Crippen MR) is 123 cm³/mol. The first kappa shape index (κ1) is 18.4. The van der Waals surface area contributed by atoms with Crippen molar-refractivity contribution in [1.29, 1.82) is 0 Å². The summed E-state index contributed by atoms with van der Waals surface area (Å²) in [5.41, 5.74) is 4.17. The Morgan fingerprint density at radius 3 is 2.59 bits per heavy atom. The molecule has 0 aliphatic rings. The van der Waals surface area contributed by atoms with Gasteiger partial charge in [0, 0.05) is 31.6 Å². The molecule has 0 spiro atoms. The second-order valence-corrected chi connectivity index (χ2v) is 9.93. The monoisotopic (exact) mass is 435 g/mol. The maximum Gasteiger partial charge on any atom is 0.263 e. The van der Waals surface area contributed by atoms with E-state index < -0.39 is 0 Å². The zero-order valence-corrected chi connectivity index (χ0v) is 18.3. The van der Waals surface area contributed by atoms with Crippen LogP contribution in [-0.4, -0.2) is 14.5 Å². The Balaban J connectivity index is 1.51. The van der Waals surface area contributed by atoms with Gasteiger partial charge in [-0.3, -0.25) is 9.36 Å². The number of thiazole rings is 1. The number of thiophene rings is 2. The van der Waals surface area contributed by atoms with Gasteiger partial charge in [0.1, 0.15) is 9.84 Å². The highest BCUT2D eigenvalue weighted by molar-refractivity contribution is 7.19. The summed E-state index contributed by atoms with van der Waals surface area (Å²) in [6.07, 6.45) is 1.63. The third kappa shape index (κ3) is 3.46. The Kier molecular flexibility index (Phi) is 4.66. The Labute approximate surface area is 179 Å². The van der Waals surface area contributed by atoms with Crippen molar-refractivity contribution in [3.8, 4) is 21.0 Å². The molecule has 0 radical (unpaired) electrons. The lowest BCUT2D eigenvalue weighted by molar-refractivity contribution is 0.735. The number of hydrogen-bond donors (Lipinski definition) is 0. The van der Waals surface area contributed by atoms with Gasteiger partial charge in [-0.05, 0) is 26.0 Å². The van der Waals surface area contributed by atoms with Crippen molar-refractivity contribution in [2.75, 3.05) is 0 Å². The highest BCUT2D eigenvalue weighted by Crippen LogP contribution is 2.35. The SMILES string of the molecule is Cc1ccc(-c2nc(Cn3cnc4scc(-c5ccc(C)s5)c4c3=O)cs2)cc1. The summed E-state index contributed by atoms with van der Waals surface area (Å²) in [6, 6.07) is 12.5. The van der Waals surface area contributed by atoms with Crippen LogP contribution in [0.5, 0.6) is 0 Å². The fraction of sp³-hybridized carbons (Fsp3) is 0.136. The number of benzene rings is 1. The molecule has 4 aromatic heterocycles. The van der Waals surface area contributed by atoms with Crippen molar-refractivity contribution >= 4 is 44.2 Å². The normalized spacial score (nSPS) is 11.4. The van der Waals surface area contributed by atoms with E-state index in [1.165, 1.54) is 21.8 Å². The van der Waals surface area contributed by atoms with Crippen molar-refractivity contribution < 1.29 is 0 Å². The molecule has 1 aromatic carbocycles. The lowest BCUT2D eigenvalue weighted by Gasteiger charge is -2.04. The topological polar surface area (TPSA) is 47.8 Å². The molecule has 0 saturated heterocycles. The Bertz CT molecular complexity index is 1370. The number of aromatic nitrogens is 3. The smallest absolute Gasteiger partial charge is 0.263 e. The molecular weight excluding hydrogens is 418 g/mol. The summed E-state index contributed by atoms with van der Waals surface area (Å²) in [6.45, 7) is 4.57. The minimum atomic E-state index is -0.0119. The van der Waals surface area contributed by atoms with Gasteiger partial charge >= 0.3 is 0 Å². The van der Waals surface area contributed by atoms with Gasteiger partial charge in [-0.2, -0.15) is 0 Å². The molecule has 0 unspecified atom stereocenters. The van der Waals surface area contributed by atoms with Crippen LogP contribution in [0.25, 0.3) is 31.2 Å². The van der Waals surface area contributed by atoms with Gasteiger partial charge in [0.15, 0.2) is 0 Å². The Hall–Kier alpha value is -2.61. The van der Waals surface area contributed by atoms with Crippen LogP contribution in [0.15, 0.2) is 58.3 Å². The van der Waals surface area contributed by atoms with Gasteiger partial charge in [0.05, 0.1) is 24.0 Å². The summed E-state index contributed by atoms with van der Waals surface area (Å²) in [4.78, 5) is 25.6. The average Bonchev–Trinajstić information content (AvgIpc) is 3.44. The molecule has 7 heteroatoms. The van der Waals surface area contributed by atoms with E-state index in [1.807, 2.05) is 10.8 Å². The lowest BCUT2D eigenvalue weighted by Crippen LogP contribution is -2.21. The lowest BCUT2D eigenvalue weighted by atomic mass is 10.2. The third-order valence-electron chi connectivity index (χ3n) is 4.75. The molecular formula is C22H17N3OS3. The first-order chi connectivity index (χ1) is 14.1. The molecule has 0 atom stereocenters.